The lowest BCUT2D eigenvalue weighted by Gasteiger charge is -2.10. The number of aromatic nitrogens is 4. The van der Waals surface area contributed by atoms with Gasteiger partial charge in [-0.2, -0.15) is 4.98 Å². The van der Waals surface area contributed by atoms with E-state index in [0.29, 0.717) is 35.0 Å². The van der Waals surface area contributed by atoms with Crippen molar-refractivity contribution >= 4 is 17.2 Å². The lowest BCUT2D eigenvalue weighted by atomic mass is 10.1. The Morgan fingerprint density at radius 1 is 1.36 bits per heavy atom. The molecule has 5 rings (SSSR count). The number of benzene rings is 1. The molecule has 8 heteroatoms. The number of nitrogens with zero attached hydrogens (tertiary/aromatic N) is 4. The molecule has 1 aliphatic rings. The van der Waals surface area contributed by atoms with Crippen LogP contribution in [0.2, 0.25) is 0 Å². The highest BCUT2D eigenvalue weighted by Gasteiger charge is 2.43. The van der Waals surface area contributed by atoms with Crippen molar-refractivity contribution < 1.29 is 13.7 Å². The molecule has 1 amide bonds. The van der Waals surface area contributed by atoms with E-state index in [9.17, 15) is 9.18 Å². The lowest BCUT2D eigenvalue weighted by molar-refractivity contribution is 0.102. The molecule has 2 atom stereocenters. The number of fused-ring (bicyclic) bond motifs is 1. The van der Waals surface area contributed by atoms with E-state index in [1.807, 2.05) is 37.4 Å². The zero-order valence-electron chi connectivity index (χ0n) is 15.0. The summed E-state index contributed by atoms with van der Waals surface area (Å²) in [5, 5.41) is 6.84. The van der Waals surface area contributed by atoms with E-state index in [1.165, 1.54) is 0 Å². The Bertz CT molecular complexity index is 1200. The summed E-state index contributed by atoms with van der Waals surface area (Å²) < 4.78 is 20.1. The second-order valence-electron chi connectivity index (χ2n) is 6.91. The van der Waals surface area contributed by atoms with Gasteiger partial charge in [-0.15, -0.1) is 0 Å². The molecule has 1 N–H and O–H groups in total. The summed E-state index contributed by atoms with van der Waals surface area (Å²) in [5.74, 6) is 0.136. The lowest BCUT2D eigenvalue weighted by Crippen LogP contribution is -2.14. The third-order valence-corrected chi connectivity index (χ3v) is 4.85. The fraction of sp³-hybridized carbons (Fsp3) is 0.200. The molecule has 1 saturated carbocycles. The fourth-order valence-corrected chi connectivity index (χ4v) is 3.05. The molecule has 28 heavy (non-hydrogen) atoms. The number of nitrogens with one attached hydrogen (secondary N) is 1. The maximum Gasteiger partial charge on any atom is 0.258 e. The third kappa shape index (κ3) is 2.92. The number of aryl methyl sites for hydroxylation is 1. The molecule has 0 unspecified atom stereocenters. The number of carbonyl (C=O) groups excluding carboxylic acids is 1. The van der Waals surface area contributed by atoms with Crippen molar-refractivity contribution in [1.82, 2.24) is 19.5 Å². The molecular weight excluding hydrogens is 361 g/mol. The molecular formula is C20H16FN5O2. The van der Waals surface area contributed by atoms with Gasteiger partial charge in [0.05, 0.1) is 11.5 Å². The number of alkyl halides is 1. The summed E-state index contributed by atoms with van der Waals surface area (Å²) in [4.78, 5) is 21.2. The van der Waals surface area contributed by atoms with Gasteiger partial charge in [-0.25, -0.2) is 9.37 Å². The van der Waals surface area contributed by atoms with Crippen LogP contribution in [0.5, 0.6) is 0 Å². The summed E-state index contributed by atoms with van der Waals surface area (Å²) in [6.45, 7) is 1.90. The van der Waals surface area contributed by atoms with Crippen molar-refractivity contribution in [2.75, 3.05) is 5.32 Å². The molecule has 1 aromatic carbocycles. The van der Waals surface area contributed by atoms with Gasteiger partial charge < -0.3 is 14.2 Å². The molecule has 3 aromatic heterocycles. The summed E-state index contributed by atoms with van der Waals surface area (Å²) in [5.41, 5.74) is 3.43. The van der Waals surface area contributed by atoms with Crippen LogP contribution in [-0.2, 0) is 0 Å². The molecule has 140 valence electrons. The minimum absolute atomic E-state index is 0.268. The van der Waals surface area contributed by atoms with Crippen molar-refractivity contribution in [2.24, 2.45) is 0 Å². The zero-order valence-corrected chi connectivity index (χ0v) is 15.0. The highest BCUT2D eigenvalue weighted by atomic mass is 19.1. The Morgan fingerprint density at radius 3 is 3.04 bits per heavy atom. The Hall–Kier alpha value is -3.55. The predicted octanol–water partition coefficient (Wildman–Crippen LogP) is 3.77. The van der Waals surface area contributed by atoms with Gasteiger partial charge in [0, 0.05) is 29.8 Å². The van der Waals surface area contributed by atoms with Gasteiger partial charge in [-0.1, -0.05) is 17.3 Å². The zero-order chi connectivity index (χ0) is 19.3. The Kier molecular flexibility index (Phi) is 3.71. The number of hydrogen-bond acceptors (Lipinski definition) is 5. The van der Waals surface area contributed by atoms with Crippen molar-refractivity contribution in [3.63, 3.8) is 0 Å². The topological polar surface area (TPSA) is 85.3 Å². The minimum atomic E-state index is -0.896. The van der Waals surface area contributed by atoms with Crippen molar-refractivity contribution in [2.45, 2.75) is 25.4 Å². The predicted molar refractivity (Wildman–Crippen MR) is 99.9 cm³/mol. The molecule has 1 aliphatic carbocycles. The summed E-state index contributed by atoms with van der Waals surface area (Å²) in [7, 11) is 0. The fourth-order valence-electron chi connectivity index (χ4n) is 3.05. The van der Waals surface area contributed by atoms with Crippen LogP contribution in [0.15, 0.2) is 53.4 Å². The summed E-state index contributed by atoms with van der Waals surface area (Å²) in [6, 6.07) is 9.21. The highest BCUT2D eigenvalue weighted by molar-refractivity contribution is 6.04. The Balaban J connectivity index is 1.40. The average Bonchev–Trinajstić information content (AvgIpc) is 3.11. The Morgan fingerprint density at radius 2 is 2.21 bits per heavy atom. The van der Waals surface area contributed by atoms with Gasteiger partial charge in [-0.05, 0) is 37.1 Å². The quantitative estimate of drug-likeness (QED) is 0.585. The normalized spacial score (nSPS) is 18.4. The largest absolute Gasteiger partial charge is 0.339 e. The first-order valence-corrected chi connectivity index (χ1v) is 8.91. The van der Waals surface area contributed by atoms with Crippen LogP contribution in [-0.4, -0.2) is 31.6 Å². The first-order chi connectivity index (χ1) is 13.6. The maximum absolute atomic E-state index is 13.2. The van der Waals surface area contributed by atoms with Crippen LogP contribution in [0.1, 0.15) is 34.2 Å². The molecule has 0 aliphatic heterocycles. The van der Waals surface area contributed by atoms with Gasteiger partial charge in [0.15, 0.2) is 0 Å². The molecule has 0 radical (unpaired) electrons. The number of carbonyl (C=O) groups is 1. The van der Waals surface area contributed by atoms with Crippen molar-refractivity contribution in [3.8, 4) is 11.4 Å². The number of rotatable bonds is 4. The molecule has 0 saturated heterocycles. The second kappa shape index (κ2) is 6.26. The van der Waals surface area contributed by atoms with E-state index in [4.69, 9.17) is 4.52 Å². The minimum Gasteiger partial charge on any atom is -0.339 e. The average molecular weight is 377 g/mol. The van der Waals surface area contributed by atoms with E-state index in [1.54, 1.807) is 22.9 Å². The van der Waals surface area contributed by atoms with Gasteiger partial charge in [-0.3, -0.25) is 4.79 Å². The molecule has 4 aromatic rings. The van der Waals surface area contributed by atoms with Crippen molar-refractivity contribution in [3.05, 3.63) is 65.9 Å². The van der Waals surface area contributed by atoms with Crippen LogP contribution in [0.25, 0.3) is 17.0 Å². The first-order valence-electron chi connectivity index (χ1n) is 8.91. The van der Waals surface area contributed by atoms with Crippen LogP contribution in [0.4, 0.5) is 10.1 Å². The van der Waals surface area contributed by atoms with Crippen LogP contribution >= 0.6 is 0 Å². The van der Waals surface area contributed by atoms with E-state index in [2.05, 4.69) is 20.4 Å². The third-order valence-electron chi connectivity index (χ3n) is 4.85. The monoisotopic (exact) mass is 377 g/mol. The van der Waals surface area contributed by atoms with Crippen LogP contribution in [0.3, 0.4) is 0 Å². The summed E-state index contributed by atoms with van der Waals surface area (Å²) >= 11 is 0. The molecule has 0 bridgehead atoms. The van der Waals surface area contributed by atoms with Gasteiger partial charge in [0.2, 0.25) is 11.7 Å². The smallest absolute Gasteiger partial charge is 0.258 e. The number of amides is 1. The molecule has 0 spiro atoms. The van der Waals surface area contributed by atoms with Crippen LogP contribution < -0.4 is 5.32 Å². The number of anilines is 1. The van der Waals surface area contributed by atoms with Gasteiger partial charge >= 0.3 is 0 Å². The second-order valence-corrected chi connectivity index (χ2v) is 6.91. The standard InChI is InChI=1S/C20H16FN5O2/c1-11-4-5-12(18-24-20(28-25-18)14-8-15(14)21)7-16(11)23-19(27)13-9-22-17-3-2-6-26(17)10-13/h2-7,9-10,14-15H,8H2,1H3,(H,23,27)/t14-,15-/m0/s1. The number of hydrogen-bond donors (Lipinski definition) is 1. The van der Waals surface area contributed by atoms with Crippen LogP contribution in [0, 0.1) is 6.92 Å². The number of halogens is 1. The maximum atomic E-state index is 13.2. The van der Waals surface area contributed by atoms with Gasteiger partial charge in [0.25, 0.3) is 5.91 Å². The van der Waals surface area contributed by atoms with E-state index in [0.717, 1.165) is 11.2 Å². The highest BCUT2D eigenvalue weighted by Crippen LogP contribution is 2.43. The Labute approximate surface area is 159 Å². The van der Waals surface area contributed by atoms with E-state index < -0.39 is 6.17 Å². The van der Waals surface area contributed by atoms with E-state index in [-0.39, 0.29) is 11.8 Å². The van der Waals surface area contributed by atoms with E-state index >= 15 is 0 Å². The van der Waals surface area contributed by atoms with Gasteiger partial charge in [0.1, 0.15) is 11.8 Å². The van der Waals surface area contributed by atoms with Crippen molar-refractivity contribution in [1.29, 1.82) is 0 Å². The summed E-state index contributed by atoms with van der Waals surface area (Å²) in [6.07, 6.45) is 4.63. The SMILES string of the molecule is Cc1ccc(-c2noc([C@H]3C[C@@H]3F)n2)cc1NC(=O)c1cnc2cccn2c1. The molecule has 1 fully saturated rings. The molecule has 3 heterocycles. The first kappa shape index (κ1) is 16.6. The molecule has 7 nitrogen and oxygen atoms in total.